The number of carbonyl (C=O) groups is 2. The van der Waals surface area contributed by atoms with Crippen LogP contribution in [0.3, 0.4) is 0 Å². The van der Waals surface area contributed by atoms with Crippen LogP contribution in [0.4, 0.5) is 0 Å². The van der Waals surface area contributed by atoms with Crippen molar-refractivity contribution in [3.63, 3.8) is 0 Å². The number of hydrogen-bond donors (Lipinski definition) is 5. The van der Waals surface area contributed by atoms with Crippen LogP contribution in [-0.2, 0) is 9.59 Å². The molecule has 0 aliphatic heterocycles. The molecule has 0 heterocycles. The molecule has 0 radical (unpaired) electrons. The first kappa shape index (κ1) is 23.9. The molecule has 0 aliphatic carbocycles. The zero-order valence-corrected chi connectivity index (χ0v) is 15.7. The number of thiocarbonyl (C=S) groups is 1. The van der Waals surface area contributed by atoms with Gasteiger partial charge in [0, 0.05) is 19.0 Å². The Kier molecular flexibility index (Phi) is 11.7. The smallest absolute Gasteiger partial charge is 0.309 e. The van der Waals surface area contributed by atoms with Gasteiger partial charge in [-0.15, -0.1) is 0 Å². The fraction of sp³-hybridized carbons (Fsp3) is 0.812. The van der Waals surface area contributed by atoms with Crippen LogP contribution in [-0.4, -0.2) is 75.9 Å². The Balaban J connectivity index is 4.60. The van der Waals surface area contributed by atoms with Crippen molar-refractivity contribution in [3.8, 4) is 0 Å². The predicted molar refractivity (Wildman–Crippen MR) is 99.1 cm³/mol. The van der Waals surface area contributed by atoms with Crippen molar-refractivity contribution in [2.45, 2.75) is 44.8 Å². The van der Waals surface area contributed by atoms with Gasteiger partial charge in [-0.1, -0.05) is 12.2 Å². The second-order valence-electron chi connectivity index (χ2n) is 6.66. The minimum absolute atomic E-state index is 0.0903. The summed E-state index contributed by atoms with van der Waals surface area (Å²) in [7, 11) is 1.87. The maximum Gasteiger partial charge on any atom is 0.309 e. The van der Waals surface area contributed by atoms with Crippen molar-refractivity contribution in [1.29, 1.82) is 0 Å². The molecule has 0 saturated heterocycles. The van der Waals surface area contributed by atoms with Crippen LogP contribution in [0.15, 0.2) is 0 Å². The SMILES string of the molecule is CC(O)[C@@H](N)CCN(C)C[C@@H](CC(N)=O)CC(=S)C[C@H](CO)C(=O)O. The Hall–Kier alpha value is -1.13. The van der Waals surface area contributed by atoms with Crippen LogP contribution >= 0.6 is 12.2 Å². The molecule has 0 spiro atoms. The third-order valence-corrected chi connectivity index (χ3v) is 4.42. The average molecular weight is 378 g/mol. The molecule has 0 aromatic rings. The van der Waals surface area contributed by atoms with Crippen molar-refractivity contribution in [2.75, 3.05) is 26.7 Å². The number of hydrogen-bond acceptors (Lipinski definition) is 7. The summed E-state index contributed by atoms with van der Waals surface area (Å²) in [6, 6.07) is -0.320. The maximum absolute atomic E-state index is 11.3. The van der Waals surface area contributed by atoms with Gasteiger partial charge in [0.25, 0.3) is 0 Å². The fourth-order valence-electron chi connectivity index (χ4n) is 2.54. The summed E-state index contributed by atoms with van der Waals surface area (Å²) in [6.07, 6.45) is 0.632. The summed E-state index contributed by atoms with van der Waals surface area (Å²) in [5.41, 5.74) is 11.1. The standard InChI is InChI=1S/C16H31N3O5S/c1-10(21)14(17)3-4-19(2)8-11(6-15(18)22)5-13(25)7-12(9-20)16(23)24/h10-12,14,20-21H,3-9,17H2,1-2H3,(H2,18,22)(H,23,24)/t10?,11-,12-,14+/m1/s1. The Labute approximate surface area is 154 Å². The molecule has 0 saturated carbocycles. The van der Waals surface area contributed by atoms with E-state index in [2.05, 4.69) is 0 Å². The van der Waals surface area contributed by atoms with Gasteiger partial charge in [0.2, 0.25) is 5.91 Å². The van der Waals surface area contributed by atoms with Gasteiger partial charge in [-0.2, -0.15) is 0 Å². The van der Waals surface area contributed by atoms with Gasteiger partial charge in [0.05, 0.1) is 18.6 Å². The quantitative estimate of drug-likeness (QED) is 0.251. The molecule has 0 aliphatic rings. The van der Waals surface area contributed by atoms with Crippen LogP contribution in [0.1, 0.15) is 32.6 Å². The lowest BCUT2D eigenvalue weighted by atomic mass is 9.93. The first-order valence-corrected chi connectivity index (χ1v) is 8.73. The number of nitrogens with zero attached hydrogens (tertiary/aromatic N) is 1. The van der Waals surface area contributed by atoms with Gasteiger partial charge >= 0.3 is 5.97 Å². The summed E-state index contributed by atoms with van der Waals surface area (Å²) in [5, 5.41) is 27.5. The lowest BCUT2D eigenvalue weighted by Crippen LogP contribution is -2.37. The van der Waals surface area contributed by atoms with E-state index in [-0.39, 0.29) is 24.8 Å². The molecule has 0 rings (SSSR count). The van der Waals surface area contributed by atoms with Crippen LogP contribution in [0.5, 0.6) is 0 Å². The minimum Gasteiger partial charge on any atom is -0.481 e. The van der Waals surface area contributed by atoms with E-state index in [1.54, 1.807) is 6.92 Å². The van der Waals surface area contributed by atoms with E-state index in [1.165, 1.54) is 0 Å². The first-order chi connectivity index (χ1) is 11.6. The molecule has 8 nitrogen and oxygen atoms in total. The van der Waals surface area contributed by atoms with Crippen molar-refractivity contribution in [2.24, 2.45) is 23.3 Å². The summed E-state index contributed by atoms with van der Waals surface area (Å²) in [6.45, 7) is 2.35. The molecule has 0 aromatic carbocycles. The highest BCUT2D eigenvalue weighted by molar-refractivity contribution is 7.80. The normalized spacial score (nSPS) is 16.2. The second-order valence-corrected chi connectivity index (χ2v) is 7.23. The largest absolute Gasteiger partial charge is 0.481 e. The number of nitrogens with two attached hydrogens (primary N) is 2. The van der Waals surface area contributed by atoms with E-state index in [0.717, 1.165) is 0 Å². The molecule has 1 amide bonds. The van der Waals surface area contributed by atoms with E-state index in [1.807, 2.05) is 11.9 Å². The Morgan fingerprint density at radius 1 is 1.24 bits per heavy atom. The lowest BCUT2D eigenvalue weighted by Gasteiger charge is -2.25. The zero-order chi connectivity index (χ0) is 19.6. The highest BCUT2D eigenvalue weighted by atomic mass is 32.1. The van der Waals surface area contributed by atoms with Gasteiger partial charge in [0.1, 0.15) is 0 Å². The molecule has 4 atom stereocenters. The molecule has 1 unspecified atom stereocenters. The number of primary amides is 1. The van der Waals surface area contributed by atoms with Gasteiger partial charge < -0.3 is 31.7 Å². The van der Waals surface area contributed by atoms with E-state index < -0.39 is 30.5 Å². The molecule has 146 valence electrons. The zero-order valence-electron chi connectivity index (χ0n) is 14.9. The van der Waals surface area contributed by atoms with Crippen molar-refractivity contribution in [1.82, 2.24) is 4.90 Å². The molecule has 0 aromatic heterocycles. The van der Waals surface area contributed by atoms with E-state index in [4.69, 9.17) is 33.9 Å². The van der Waals surface area contributed by atoms with Crippen LogP contribution in [0.2, 0.25) is 0 Å². The molecule has 0 bridgehead atoms. The average Bonchev–Trinajstić information content (AvgIpc) is 2.48. The van der Waals surface area contributed by atoms with Crippen LogP contribution in [0.25, 0.3) is 0 Å². The lowest BCUT2D eigenvalue weighted by molar-refractivity contribution is -0.142. The first-order valence-electron chi connectivity index (χ1n) is 8.32. The number of amides is 1. The molecular weight excluding hydrogens is 346 g/mol. The van der Waals surface area contributed by atoms with Gasteiger partial charge in [-0.05, 0) is 50.6 Å². The van der Waals surface area contributed by atoms with E-state index >= 15 is 0 Å². The van der Waals surface area contributed by atoms with Crippen LogP contribution in [0, 0.1) is 11.8 Å². The molecule has 0 fully saturated rings. The van der Waals surface area contributed by atoms with Crippen molar-refractivity contribution in [3.05, 3.63) is 0 Å². The van der Waals surface area contributed by atoms with E-state index in [9.17, 15) is 14.7 Å². The number of carbonyl (C=O) groups excluding carboxylic acids is 1. The molecule has 7 N–H and O–H groups in total. The number of rotatable bonds is 14. The molecular formula is C16H31N3O5S. The predicted octanol–water partition coefficient (Wildman–Crippen LogP) is -0.649. The highest BCUT2D eigenvalue weighted by Gasteiger charge is 2.22. The fourth-order valence-corrected chi connectivity index (χ4v) is 2.98. The Bertz CT molecular complexity index is 447. The Morgan fingerprint density at radius 2 is 1.84 bits per heavy atom. The molecule has 9 heteroatoms. The Morgan fingerprint density at radius 3 is 2.28 bits per heavy atom. The van der Waals surface area contributed by atoms with Crippen molar-refractivity contribution < 1.29 is 24.9 Å². The van der Waals surface area contributed by atoms with Gasteiger partial charge in [-0.25, -0.2) is 0 Å². The maximum atomic E-state index is 11.3. The summed E-state index contributed by atoms with van der Waals surface area (Å²) in [4.78, 5) is 24.8. The highest BCUT2D eigenvalue weighted by Crippen LogP contribution is 2.16. The summed E-state index contributed by atoms with van der Waals surface area (Å²) in [5.74, 6) is -2.60. The van der Waals surface area contributed by atoms with Crippen molar-refractivity contribution >= 4 is 29.0 Å². The van der Waals surface area contributed by atoms with Gasteiger partial charge in [-0.3, -0.25) is 9.59 Å². The minimum atomic E-state index is -1.10. The number of aliphatic hydroxyl groups excluding tert-OH is 2. The van der Waals surface area contributed by atoms with E-state index in [0.29, 0.717) is 30.8 Å². The third kappa shape index (κ3) is 11.2. The summed E-state index contributed by atoms with van der Waals surface area (Å²) >= 11 is 5.24. The number of carboxylic acids is 1. The number of aliphatic hydroxyl groups is 2. The number of carboxylic acid groups (broad SMARTS) is 1. The topological polar surface area (TPSA) is 150 Å². The monoisotopic (exact) mass is 377 g/mol. The third-order valence-electron chi connectivity index (χ3n) is 4.08. The van der Waals surface area contributed by atoms with Crippen LogP contribution < -0.4 is 11.5 Å². The second kappa shape index (κ2) is 12.3. The van der Waals surface area contributed by atoms with Gasteiger partial charge in [0.15, 0.2) is 0 Å². The molecule has 25 heavy (non-hydrogen) atoms. The number of aliphatic carboxylic acids is 1. The summed E-state index contributed by atoms with van der Waals surface area (Å²) < 4.78 is 0.